The van der Waals surface area contributed by atoms with Gasteiger partial charge in [-0.25, -0.2) is 4.79 Å². The number of esters is 1. The van der Waals surface area contributed by atoms with Crippen molar-refractivity contribution >= 4 is 12.1 Å². The molecule has 0 saturated heterocycles. The number of nitrogens with one attached hydrogen (secondary N) is 1. The molecule has 0 fully saturated rings. The molecule has 144 valence electrons. The summed E-state index contributed by atoms with van der Waals surface area (Å²) in [5, 5.41) is 3.02. The molecule has 1 amide bonds. The zero-order valence-electron chi connectivity index (χ0n) is 16.6. The van der Waals surface area contributed by atoms with Gasteiger partial charge < -0.3 is 14.8 Å². The number of hydrogen-bond acceptors (Lipinski definition) is 4. The maximum atomic E-state index is 12.1. The highest BCUT2D eigenvalue weighted by molar-refractivity contribution is 5.70. The molecule has 0 saturated carbocycles. The molecule has 2 atom stereocenters. The second kappa shape index (κ2) is 8.56. The number of benzene rings is 1. The van der Waals surface area contributed by atoms with Crippen LogP contribution in [0.2, 0.25) is 0 Å². The van der Waals surface area contributed by atoms with Crippen LogP contribution in [-0.2, 0) is 27.1 Å². The summed E-state index contributed by atoms with van der Waals surface area (Å²) in [6.45, 7) is 9.95. The average Bonchev–Trinajstić information content (AvgIpc) is 2.54. The van der Waals surface area contributed by atoms with E-state index in [1.807, 2.05) is 27.7 Å². The summed E-state index contributed by atoms with van der Waals surface area (Å²) >= 11 is 0. The maximum absolute atomic E-state index is 12.1. The van der Waals surface area contributed by atoms with E-state index in [2.05, 4.69) is 30.4 Å². The van der Waals surface area contributed by atoms with E-state index in [4.69, 9.17) is 9.47 Å². The molecular formula is C21H31NO4. The Kier molecular flexibility index (Phi) is 6.68. The number of carbonyl (C=O) groups excluding carboxylic acids is 2. The van der Waals surface area contributed by atoms with Crippen molar-refractivity contribution in [2.24, 2.45) is 0 Å². The number of alkyl carbamates (subject to hydrolysis) is 1. The third-order valence-corrected chi connectivity index (χ3v) is 4.65. The largest absolute Gasteiger partial charge is 0.466 e. The van der Waals surface area contributed by atoms with Crippen LogP contribution in [0.1, 0.15) is 70.1 Å². The monoisotopic (exact) mass is 361 g/mol. The third kappa shape index (κ3) is 5.75. The molecule has 2 unspecified atom stereocenters. The Morgan fingerprint density at radius 2 is 2.00 bits per heavy atom. The van der Waals surface area contributed by atoms with E-state index < -0.39 is 5.60 Å². The molecule has 0 spiro atoms. The minimum Gasteiger partial charge on any atom is -0.466 e. The molecule has 0 bridgehead atoms. The van der Waals surface area contributed by atoms with Crippen LogP contribution in [0.4, 0.5) is 4.79 Å². The van der Waals surface area contributed by atoms with Crippen molar-refractivity contribution in [2.45, 2.75) is 77.9 Å². The van der Waals surface area contributed by atoms with Gasteiger partial charge in [-0.05, 0) is 63.6 Å². The first-order valence-electron chi connectivity index (χ1n) is 9.46. The number of aryl methyl sites for hydroxylation is 2. The van der Waals surface area contributed by atoms with E-state index >= 15 is 0 Å². The molecular weight excluding hydrogens is 330 g/mol. The number of rotatable bonds is 5. The minimum absolute atomic E-state index is 0.0534. The molecule has 1 aromatic carbocycles. The van der Waals surface area contributed by atoms with E-state index in [9.17, 15) is 9.59 Å². The molecule has 5 nitrogen and oxygen atoms in total. The quantitative estimate of drug-likeness (QED) is 0.801. The highest BCUT2D eigenvalue weighted by atomic mass is 16.6. The van der Waals surface area contributed by atoms with Crippen LogP contribution < -0.4 is 5.32 Å². The lowest BCUT2D eigenvalue weighted by Gasteiger charge is -2.33. The molecule has 26 heavy (non-hydrogen) atoms. The first-order chi connectivity index (χ1) is 12.2. The molecule has 0 radical (unpaired) electrons. The number of ether oxygens (including phenoxy) is 2. The highest BCUT2D eigenvalue weighted by Gasteiger charge is 2.29. The summed E-state index contributed by atoms with van der Waals surface area (Å²) in [5.74, 6) is 0.0385. The predicted octanol–water partition coefficient (Wildman–Crippen LogP) is 4.13. The van der Waals surface area contributed by atoms with Gasteiger partial charge in [-0.15, -0.1) is 0 Å². The van der Waals surface area contributed by atoms with Crippen molar-refractivity contribution in [2.75, 3.05) is 6.61 Å². The van der Waals surface area contributed by atoms with E-state index in [0.717, 1.165) is 18.4 Å². The fourth-order valence-corrected chi connectivity index (χ4v) is 3.36. The fraction of sp³-hybridized carbons (Fsp3) is 0.619. The first-order valence-corrected chi connectivity index (χ1v) is 9.46. The molecule has 1 aliphatic carbocycles. The Labute approximate surface area is 156 Å². The number of carbonyl (C=O) groups is 2. The Hall–Kier alpha value is -2.04. The zero-order chi connectivity index (χ0) is 19.3. The molecule has 1 aromatic rings. The van der Waals surface area contributed by atoms with Crippen molar-refractivity contribution in [3.8, 4) is 0 Å². The Morgan fingerprint density at radius 3 is 2.65 bits per heavy atom. The molecule has 5 heteroatoms. The number of amides is 1. The van der Waals surface area contributed by atoms with Crippen molar-refractivity contribution in [3.05, 3.63) is 34.9 Å². The molecule has 0 aromatic heterocycles. The molecule has 0 aliphatic heterocycles. The normalized spacial score (nSPS) is 19.4. The Morgan fingerprint density at radius 1 is 1.27 bits per heavy atom. The summed E-state index contributed by atoms with van der Waals surface area (Å²) in [6, 6.07) is 6.46. The van der Waals surface area contributed by atoms with Crippen LogP contribution in [0.25, 0.3) is 0 Å². The van der Waals surface area contributed by atoms with Gasteiger partial charge in [0.25, 0.3) is 0 Å². The zero-order valence-corrected chi connectivity index (χ0v) is 16.6. The second-order valence-electron chi connectivity index (χ2n) is 7.92. The van der Waals surface area contributed by atoms with Crippen molar-refractivity contribution in [1.29, 1.82) is 0 Å². The van der Waals surface area contributed by atoms with E-state index in [0.29, 0.717) is 19.4 Å². The van der Waals surface area contributed by atoms with Gasteiger partial charge in [0.2, 0.25) is 0 Å². The number of fused-ring (bicyclic) bond motifs is 1. The minimum atomic E-state index is -0.500. The van der Waals surface area contributed by atoms with Gasteiger partial charge in [-0.1, -0.05) is 25.1 Å². The number of hydrogen-bond donors (Lipinski definition) is 1. The van der Waals surface area contributed by atoms with Crippen LogP contribution >= 0.6 is 0 Å². The standard InChI is InChI=1S/C21H31NO4/c1-6-25-19(23)12-8-15-7-9-16-10-11-18(14(2)17(16)13-15)22-20(24)26-21(3,4)5/h7,9,13-14,18H,6,8,10-12H2,1-5H3,(H,22,24). The van der Waals surface area contributed by atoms with Crippen LogP contribution in [0, 0.1) is 0 Å². The van der Waals surface area contributed by atoms with Crippen molar-refractivity contribution in [3.63, 3.8) is 0 Å². The Bertz CT molecular complexity index is 648. The van der Waals surface area contributed by atoms with E-state index in [-0.39, 0.29) is 24.0 Å². The average molecular weight is 361 g/mol. The smallest absolute Gasteiger partial charge is 0.407 e. The molecule has 0 heterocycles. The van der Waals surface area contributed by atoms with Crippen molar-refractivity contribution in [1.82, 2.24) is 5.32 Å². The van der Waals surface area contributed by atoms with Crippen LogP contribution in [-0.4, -0.2) is 30.3 Å². The lowest BCUT2D eigenvalue weighted by Crippen LogP contribution is -2.43. The highest BCUT2D eigenvalue weighted by Crippen LogP contribution is 2.32. The Balaban J connectivity index is 2.03. The molecule has 1 aliphatic rings. The summed E-state index contributed by atoms with van der Waals surface area (Å²) in [7, 11) is 0. The van der Waals surface area contributed by atoms with E-state index in [1.165, 1.54) is 11.1 Å². The van der Waals surface area contributed by atoms with Crippen molar-refractivity contribution < 1.29 is 19.1 Å². The predicted molar refractivity (Wildman–Crippen MR) is 101 cm³/mol. The van der Waals surface area contributed by atoms with Crippen LogP contribution in [0.15, 0.2) is 18.2 Å². The lowest BCUT2D eigenvalue weighted by molar-refractivity contribution is -0.143. The fourth-order valence-electron chi connectivity index (χ4n) is 3.36. The second-order valence-corrected chi connectivity index (χ2v) is 7.92. The van der Waals surface area contributed by atoms with Gasteiger partial charge >= 0.3 is 12.1 Å². The van der Waals surface area contributed by atoms with Crippen LogP contribution in [0.3, 0.4) is 0 Å². The third-order valence-electron chi connectivity index (χ3n) is 4.65. The van der Waals surface area contributed by atoms with Gasteiger partial charge in [0.1, 0.15) is 5.60 Å². The summed E-state index contributed by atoms with van der Waals surface area (Å²) in [4.78, 5) is 23.7. The topological polar surface area (TPSA) is 64.6 Å². The summed E-state index contributed by atoms with van der Waals surface area (Å²) < 4.78 is 10.4. The maximum Gasteiger partial charge on any atom is 0.407 e. The van der Waals surface area contributed by atoms with Crippen LogP contribution in [0.5, 0.6) is 0 Å². The molecule has 2 rings (SSSR count). The first kappa shape index (κ1) is 20.3. The summed E-state index contributed by atoms with van der Waals surface area (Å²) in [6.07, 6.45) is 2.52. The van der Waals surface area contributed by atoms with Gasteiger partial charge in [0.15, 0.2) is 0 Å². The lowest BCUT2D eigenvalue weighted by atomic mass is 9.79. The van der Waals surface area contributed by atoms with Gasteiger partial charge in [-0.3, -0.25) is 4.79 Å². The van der Waals surface area contributed by atoms with Gasteiger partial charge in [-0.2, -0.15) is 0 Å². The van der Waals surface area contributed by atoms with Gasteiger partial charge in [0, 0.05) is 18.4 Å². The SMILES string of the molecule is CCOC(=O)CCc1ccc2c(c1)C(C)C(NC(=O)OC(C)(C)C)CC2. The van der Waals surface area contributed by atoms with Gasteiger partial charge in [0.05, 0.1) is 6.61 Å². The van der Waals surface area contributed by atoms with E-state index in [1.54, 1.807) is 0 Å². The molecule has 1 N–H and O–H groups in total. The summed E-state index contributed by atoms with van der Waals surface area (Å²) in [5.41, 5.74) is 3.19.